The first-order valence-corrected chi connectivity index (χ1v) is 5.36. The van der Waals surface area contributed by atoms with Crippen LogP contribution >= 0.6 is 0 Å². The van der Waals surface area contributed by atoms with Crippen LogP contribution in [0.4, 0.5) is 19.0 Å². The molecule has 0 amide bonds. The fourth-order valence-electron chi connectivity index (χ4n) is 1.86. The average molecular weight is 267 g/mol. The first-order chi connectivity index (χ1) is 8.93. The Bertz CT molecular complexity index is 742. The zero-order valence-electron chi connectivity index (χ0n) is 9.45. The third-order valence-corrected chi connectivity index (χ3v) is 2.74. The molecule has 0 radical (unpaired) electrons. The van der Waals surface area contributed by atoms with E-state index in [1.54, 1.807) is 18.2 Å². The Morgan fingerprint density at radius 1 is 1.16 bits per heavy atom. The molecule has 3 rings (SSSR count). The average Bonchev–Trinajstić information content (AvgIpc) is 2.92. The Kier molecular flexibility index (Phi) is 2.31. The summed E-state index contributed by atoms with van der Waals surface area (Å²) in [5.41, 5.74) is 5.67. The van der Waals surface area contributed by atoms with Crippen molar-refractivity contribution in [1.82, 2.24) is 10.1 Å². The normalized spacial score (nSPS) is 12.2. The van der Waals surface area contributed by atoms with E-state index in [4.69, 9.17) is 10.3 Å². The van der Waals surface area contributed by atoms with Crippen LogP contribution in [0.1, 0.15) is 5.69 Å². The van der Waals surface area contributed by atoms with Crippen molar-refractivity contribution in [2.45, 2.75) is 6.18 Å². The van der Waals surface area contributed by atoms with Gasteiger partial charge in [0.25, 0.3) is 0 Å². The van der Waals surface area contributed by atoms with E-state index in [1.165, 1.54) is 6.07 Å². The Hall–Kier alpha value is -2.44. The molecule has 2 aromatic heterocycles. The molecule has 7 heteroatoms. The van der Waals surface area contributed by atoms with E-state index >= 15 is 0 Å². The van der Waals surface area contributed by atoms with E-state index < -0.39 is 11.9 Å². The lowest BCUT2D eigenvalue weighted by molar-refractivity contribution is -0.140. The van der Waals surface area contributed by atoms with Crippen LogP contribution in [-0.2, 0) is 6.18 Å². The summed E-state index contributed by atoms with van der Waals surface area (Å²) in [6, 6.07) is 7.34. The molecule has 0 saturated heterocycles. The van der Waals surface area contributed by atoms with Gasteiger partial charge in [-0.3, -0.25) is 0 Å². The highest BCUT2D eigenvalue weighted by Gasteiger charge is 2.32. The number of alkyl halides is 3. The monoisotopic (exact) mass is 267 g/mol. The number of nitrogen functional groups attached to an aromatic ring is 1. The number of rotatable bonds is 1. The van der Waals surface area contributed by atoms with Gasteiger partial charge in [0.1, 0.15) is 5.69 Å². The molecule has 3 aromatic rings. The van der Waals surface area contributed by atoms with Gasteiger partial charge in [-0.15, -0.1) is 0 Å². The van der Waals surface area contributed by atoms with Gasteiger partial charge in [0, 0.05) is 22.5 Å². The van der Waals surface area contributed by atoms with Gasteiger partial charge in [0.2, 0.25) is 0 Å². The number of anilines is 1. The molecule has 0 aliphatic rings. The zero-order chi connectivity index (χ0) is 13.6. The number of nitrogens with two attached hydrogens (primary N) is 1. The number of halogens is 3. The molecule has 2 heterocycles. The van der Waals surface area contributed by atoms with Gasteiger partial charge in [0.05, 0.1) is 0 Å². The summed E-state index contributed by atoms with van der Waals surface area (Å²) in [6.45, 7) is 0. The number of aromatic amines is 1. The minimum Gasteiger partial charge on any atom is -0.381 e. The van der Waals surface area contributed by atoms with Gasteiger partial charge in [-0.2, -0.15) is 13.2 Å². The van der Waals surface area contributed by atoms with Crippen molar-refractivity contribution in [3.05, 3.63) is 36.0 Å². The van der Waals surface area contributed by atoms with Gasteiger partial charge in [-0.25, -0.2) is 0 Å². The molecule has 0 spiro atoms. The maximum Gasteiger partial charge on any atom is 0.431 e. The van der Waals surface area contributed by atoms with Gasteiger partial charge in [-0.05, 0) is 24.3 Å². The van der Waals surface area contributed by atoms with Crippen molar-refractivity contribution in [3.8, 4) is 11.3 Å². The van der Waals surface area contributed by atoms with Crippen LogP contribution in [0.15, 0.2) is 34.9 Å². The number of fused-ring (bicyclic) bond motifs is 1. The highest BCUT2D eigenvalue weighted by Crippen LogP contribution is 2.32. The van der Waals surface area contributed by atoms with Crippen LogP contribution in [0, 0.1) is 0 Å². The Labute approximate surface area is 105 Å². The van der Waals surface area contributed by atoms with Crippen LogP contribution in [-0.4, -0.2) is 10.1 Å². The van der Waals surface area contributed by atoms with E-state index in [-0.39, 0.29) is 5.82 Å². The summed E-state index contributed by atoms with van der Waals surface area (Å²) in [6.07, 6.45) is -4.39. The number of nitrogens with one attached hydrogen (secondary N) is 1. The van der Waals surface area contributed by atoms with Crippen molar-refractivity contribution in [2.24, 2.45) is 0 Å². The second kappa shape index (κ2) is 3.78. The van der Waals surface area contributed by atoms with Crippen molar-refractivity contribution in [2.75, 3.05) is 5.73 Å². The molecule has 4 nitrogen and oxygen atoms in total. The lowest BCUT2D eigenvalue weighted by Crippen LogP contribution is -2.04. The predicted molar refractivity (Wildman–Crippen MR) is 63.2 cm³/mol. The summed E-state index contributed by atoms with van der Waals surface area (Å²) in [5, 5.41) is 3.98. The standard InChI is InChI=1S/C12H8F3N3O/c13-12(14,15)10-4-7-3-6(1-2-8(7)17-10)9-5-11(16)18-19-9/h1-5,17H,(H2,16,18). The summed E-state index contributed by atoms with van der Waals surface area (Å²) in [7, 11) is 0. The lowest BCUT2D eigenvalue weighted by atomic mass is 10.1. The van der Waals surface area contributed by atoms with E-state index in [9.17, 15) is 13.2 Å². The van der Waals surface area contributed by atoms with Gasteiger partial charge in [0.15, 0.2) is 11.6 Å². The lowest BCUT2D eigenvalue weighted by Gasteiger charge is -2.00. The first-order valence-electron chi connectivity index (χ1n) is 5.36. The summed E-state index contributed by atoms with van der Waals surface area (Å²) in [4.78, 5) is 2.32. The molecule has 0 unspecified atom stereocenters. The van der Waals surface area contributed by atoms with E-state index in [0.29, 0.717) is 22.2 Å². The smallest absolute Gasteiger partial charge is 0.381 e. The molecule has 98 valence electrons. The maximum atomic E-state index is 12.6. The molecule has 3 N–H and O–H groups in total. The van der Waals surface area contributed by atoms with Crippen LogP contribution in [0.25, 0.3) is 22.2 Å². The second-order valence-electron chi connectivity index (χ2n) is 4.10. The first kappa shape index (κ1) is 11.6. The van der Waals surface area contributed by atoms with Crippen molar-refractivity contribution >= 4 is 16.7 Å². The molecule has 19 heavy (non-hydrogen) atoms. The fraction of sp³-hybridized carbons (Fsp3) is 0.0833. The topological polar surface area (TPSA) is 67.8 Å². The third-order valence-electron chi connectivity index (χ3n) is 2.74. The second-order valence-corrected chi connectivity index (χ2v) is 4.10. The highest BCUT2D eigenvalue weighted by molar-refractivity contribution is 5.85. The predicted octanol–water partition coefficient (Wildman–Crippen LogP) is 3.42. The number of H-pyrrole nitrogens is 1. The summed E-state index contributed by atoms with van der Waals surface area (Å²) >= 11 is 0. The van der Waals surface area contributed by atoms with Crippen LogP contribution < -0.4 is 5.73 Å². The van der Waals surface area contributed by atoms with Crippen LogP contribution in [0.2, 0.25) is 0 Å². The molecule has 0 fully saturated rings. The number of hydrogen-bond donors (Lipinski definition) is 2. The molecular formula is C12H8F3N3O. The van der Waals surface area contributed by atoms with Gasteiger partial charge >= 0.3 is 6.18 Å². The molecule has 0 atom stereocenters. The minimum absolute atomic E-state index is 0.222. The Morgan fingerprint density at radius 3 is 2.58 bits per heavy atom. The minimum atomic E-state index is -4.39. The summed E-state index contributed by atoms with van der Waals surface area (Å²) in [5.74, 6) is 0.634. The Morgan fingerprint density at radius 2 is 1.95 bits per heavy atom. The van der Waals surface area contributed by atoms with Crippen molar-refractivity contribution in [3.63, 3.8) is 0 Å². The number of hydrogen-bond acceptors (Lipinski definition) is 3. The quantitative estimate of drug-likeness (QED) is 0.709. The highest BCUT2D eigenvalue weighted by atomic mass is 19.4. The van der Waals surface area contributed by atoms with Crippen LogP contribution in [0.5, 0.6) is 0 Å². The fourth-order valence-corrected chi connectivity index (χ4v) is 1.86. The molecule has 0 saturated carbocycles. The molecule has 0 aliphatic heterocycles. The van der Waals surface area contributed by atoms with E-state index in [0.717, 1.165) is 6.07 Å². The molecule has 0 bridgehead atoms. The number of aromatic nitrogens is 2. The number of benzene rings is 1. The SMILES string of the molecule is Nc1cc(-c2ccc3[nH]c(C(F)(F)F)cc3c2)on1. The van der Waals surface area contributed by atoms with Crippen molar-refractivity contribution < 1.29 is 17.7 Å². The number of nitrogens with zero attached hydrogens (tertiary/aromatic N) is 1. The molecule has 1 aromatic carbocycles. The molecular weight excluding hydrogens is 259 g/mol. The zero-order valence-corrected chi connectivity index (χ0v) is 9.45. The molecule has 0 aliphatic carbocycles. The van der Waals surface area contributed by atoms with Gasteiger partial charge < -0.3 is 15.2 Å². The van der Waals surface area contributed by atoms with Gasteiger partial charge in [-0.1, -0.05) is 5.16 Å². The van der Waals surface area contributed by atoms with E-state index in [1.807, 2.05) is 0 Å². The van der Waals surface area contributed by atoms with Crippen molar-refractivity contribution in [1.29, 1.82) is 0 Å². The maximum absolute atomic E-state index is 12.6. The largest absolute Gasteiger partial charge is 0.431 e. The summed E-state index contributed by atoms with van der Waals surface area (Å²) < 4.78 is 42.7. The van der Waals surface area contributed by atoms with Crippen LogP contribution in [0.3, 0.4) is 0 Å². The Balaban J connectivity index is 2.11. The van der Waals surface area contributed by atoms with E-state index in [2.05, 4.69) is 10.1 Å². The third kappa shape index (κ3) is 2.03.